The summed E-state index contributed by atoms with van der Waals surface area (Å²) in [6.07, 6.45) is 4.35. The minimum Gasteiger partial charge on any atom is -0.476 e. The Hall–Kier alpha value is -4.12. The lowest BCUT2D eigenvalue weighted by atomic mass is 9.34. The second-order valence-corrected chi connectivity index (χ2v) is 11.0. The number of aromatic carboxylic acids is 1. The predicted octanol–water partition coefficient (Wildman–Crippen LogP) is 4.57. The van der Waals surface area contributed by atoms with Crippen molar-refractivity contribution < 1.29 is 14.4 Å². The average molecular weight is 531 g/mol. The van der Waals surface area contributed by atoms with E-state index in [-0.39, 0.29) is 27.7 Å². The molecule has 11 nitrogen and oxygen atoms in total. The van der Waals surface area contributed by atoms with Crippen LogP contribution in [0.15, 0.2) is 35.1 Å². The van der Waals surface area contributed by atoms with Gasteiger partial charge < -0.3 is 14.9 Å². The van der Waals surface area contributed by atoms with Crippen molar-refractivity contribution in [1.82, 2.24) is 34.7 Å². The van der Waals surface area contributed by atoms with Crippen molar-refractivity contribution in [2.24, 2.45) is 0 Å². The standard InChI is InChI=1S/C26H23ClN8O3/c1-12-6-15(13(2)29-17-4-5-18(27)31-20(17)22(36)37)19-16(7-12)21-33-28-11-35(21)23(32-19)25-8-26(9-25,10-25)24-30-14(3)34-38-24/h4-7,11,13,29H,8-10H2,1-3H3,(H,36,37)/t13-,25?,26?/m1/s1. The Morgan fingerprint density at radius 3 is 2.66 bits per heavy atom. The van der Waals surface area contributed by atoms with Gasteiger partial charge in [-0.15, -0.1) is 10.2 Å². The molecule has 3 aliphatic rings. The van der Waals surface area contributed by atoms with E-state index in [2.05, 4.69) is 42.8 Å². The van der Waals surface area contributed by atoms with Crippen molar-refractivity contribution >= 4 is 39.8 Å². The summed E-state index contributed by atoms with van der Waals surface area (Å²) < 4.78 is 7.51. The van der Waals surface area contributed by atoms with E-state index in [9.17, 15) is 9.90 Å². The molecule has 0 radical (unpaired) electrons. The summed E-state index contributed by atoms with van der Waals surface area (Å²) in [5, 5.41) is 26.6. The summed E-state index contributed by atoms with van der Waals surface area (Å²) in [5.41, 5.74) is 3.54. The highest BCUT2D eigenvalue weighted by molar-refractivity contribution is 6.29. The van der Waals surface area contributed by atoms with Crippen molar-refractivity contribution in [3.05, 3.63) is 70.1 Å². The van der Waals surface area contributed by atoms with Crippen LogP contribution < -0.4 is 5.32 Å². The molecule has 0 unspecified atom stereocenters. The Morgan fingerprint density at radius 2 is 1.95 bits per heavy atom. The first kappa shape index (κ1) is 23.0. The summed E-state index contributed by atoms with van der Waals surface area (Å²) in [5.74, 6) is 1.11. The van der Waals surface area contributed by atoms with Gasteiger partial charge in [0.1, 0.15) is 17.3 Å². The van der Waals surface area contributed by atoms with Crippen LogP contribution in [0.2, 0.25) is 5.15 Å². The topological polar surface area (TPSA) is 144 Å². The van der Waals surface area contributed by atoms with Crippen LogP contribution in [0.4, 0.5) is 5.69 Å². The van der Waals surface area contributed by atoms with E-state index >= 15 is 0 Å². The molecule has 2 bridgehead atoms. The smallest absolute Gasteiger partial charge is 0.356 e. The quantitative estimate of drug-likeness (QED) is 0.299. The first-order valence-electron chi connectivity index (χ1n) is 12.3. The molecule has 38 heavy (non-hydrogen) atoms. The molecule has 3 fully saturated rings. The van der Waals surface area contributed by atoms with E-state index in [1.165, 1.54) is 0 Å². The molecule has 1 atom stereocenters. The molecule has 4 aromatic heterocycles. The van der Waals surface area contributed by atoms with Gasteiger partial charge in [0.15, 0.2) is 17.2 Å². The molecule has 8 rings (SSSR count). The van der Waals surface area contributed by atoms with Crippen molar-refractivity contribution in [3.8, 4) is 0 Å². The summed E-state index contributed by atoms with van der Waals surface area (Å²) in [6, 6.07) is 7.03. The number of aryl methyl sites for hydroxylation is 2. The molecule has 5 aromatic rings. The molecule has 4 heterocycles. The highest BCUT2D eigenvalue weighted by Gasteiger charge is 2.73. The van der Waals surface area contributed by atoms with E-state index in [4.69, 9.17) is 21.1 Å². The van der Waals surface area contributed by atoms with E-state index in [1.54, 1.807) is 18.5 Å². The summed E-state index contributed by atoms with van der Waals surface area (Å²) >= 11 is 5.95. The third-order valence-electron chi connectivity index (χ3n) is 7.91. The third kappa shape index (κ3) is 3.17. The lowest BCUT2D eigenvalue weighted by molar-refractivity contribution is -0.0951. The molecule has 3 saturated carbocycles. The number of fused-ring (bicyclic) bond motifs is 3. The van der Waals surface area contributed by atoms with Gasteiger partial charge in [-0.05, 0) is 63.8 Å². The number of carbonyl (C=O) groups is 1. The van der Waals surface area contributed by atoms with Gasteiger partial charge in [0.2, 0.25) is 5.89 Å². The molecule has 0 aliphatic heterocycles. The van der Waals surface area contributed by atoms with Crippen LogP contribution in [0.3, 0.4) is 0 Å². The first-order valence-corrected chi connectivity index (χ1v) is 12.7. The molecule has 1 aromatic carbocycles. The van der Waals surface area contributed by atoms with E-state index < -0.39 is 5.97 Å². The van der Waals surface area contributed by atoms with E-state index in [0.29, 0.717) is 17.4 Å². The predicted molar refractivity (Wildman–Crippen MR) is 138 cm³/mol. The molecule has 3 aliphatic carbocycles. The molecule has 0 saturated heterocycles. The van der Waals surface area contributed by atoms with Crippen LogP contribution >= 0.6 is 11.6 Å². The third-order valence-corrected chi connectivity index (χ3v) is 8.12. The van der Waals surface area contributed by atoms with Crippen molar-refractivity contribution in [2.75, 3.05) is 5.32 Å². The number of anilines is 1. The minimum absolute atomic E-state index is 0.0853. The van der Waals surface area contributed by atoms with Gasteiger partial charge in [0, 0.05) is 16.4 Å². The molecule has 12 heteroatoms. The largest absolute Gasteiger partial charge is 0.476 e. The summed E-state index contributed by atoms with van der Waals surface area (Å²) in [6.45, 7) is 5.82. The Balaban J connectivity index is 1.32. The lowest BCUT2D eigenvalue weighted by Gasteiger charge is -2.67. The van der Waals surface area contributed by atoms with Gasteiger partial charge in [-0.2, -0.15) is 4.98 Å². The normalized spacial score (nSPS) is 22.7. The number of aromatic nitrogens is 7. The molecular weight excluding hydrogens is 508 g/mol. The Kier molecular flexibility index (Phi) is 4.67. The van der Waals surface area contributed by atoms with Gasteiger partial charge in [0.25, 0.3) is 0 Å². The van der Waals surface area contributed by atoms with Crippen molar-refractivity contribution in [2.45, 2.75) is 56.9 Å². The van der Waals surface area contributed by atoms with Crippen LogP contribution in [0.25, 0.3) is 16.6 Å². The first-order chi connectivity index (χ1) is 18.2. The fourth-order valence-electron chi connectivity index (χ4n) is 6.33. The average Bonchev–Trinajstić information content (AvgIpc) is 3.48. The number of pyridine rings is 1. The van der Waals surface area contributed by atoms with E-state index in [0.717, 1.165) is 52.8 Å². The maximum absolute atomic E-state index is 11.8. The van der Waals surface area contributed by atoms with E-state index in [1.807, 2.05) is 25.2 Å². The second kappa shape index (κ2) is 7.70. The second-order valence-electron chi connectivity index (χ2n) is 10.6. The zero-order chi connectivity index (χ0) is 26.4. The Bertz CT molecular complexity index is 1770. The van der Waals surface area contributed by atoms with Gasteiger partial charge in [0.05, 0.1) is 22.7 Å². The van der Waals surface area contributed by atoms with Crippen molar-refractivity contribution in [1.29, 1.82) is 0 Å². The lowest BCUT2D eigenvalue weighted by Crippen LogP contribution is -2.68. The number of nitrogens with one attached hydrogen (secondary N) is 1. The Morgan fingerprint density at radius 1 is 1.16 bits per heavy atom. The number of rotatable bonds is 6. The zero-order valence-electron chi connectivity index (χ0n) is 20.9. The highest BCUT2D eigenvalue weighted by Crippen LogP contribution is 2.73. The van der Waals surface area contributed by atoms with Crippen LogP contribution in [0.1, 0.15) is 71.4 Å². The number of nitrogens with zero attached hydrogens (tertiary/aromatic N) is 7. The fourth-order valence-corrected chi connectivity index (χ4v) is 6.48. The summed E-state index contributed by atoms with van der Waals surface area (Å²) in [4.78, 5) is 25.5. The number of benzene rings is 1. The maximum atomic E-state index is 11.8. The molecule has 0 amide bonds. The molecule has 192 valence electrons. The maximum Gasteiger partial charge on any atom is 0.356 e. The van der Waals surface area contributed by atoms with Crippen LogP contribution in [0, 0.1) is 13.8 Å². The van der Waals surface area contributed by atoms with Crippen LogP contribution in [-0.4, -0.2) is 45.8 Å². The number of halogens is 1. The van der Waals surface area contributed by atoms with Crippen LogP contribution in [-0.2, 0) is 10.8 Å². The number of hydrogen-bond donors (Lipinski definition) is 2. The number of hydrogen-bond acceptors (Lipinski definition) is 9. The Labute approximate surface area is 221 Å². The minimum atomic E-state index is -1.16. The van der Waals surface area contributed by atoms with Crippen molar-refractivity contribution in [3.63, 3.8) is 0 Å². The summed E-state index contributed by atoms with van der Waals surface area (Å²) in [7, 11) is 0. The monoisotopic (exact) mass is 530 g/mol. The van der Waals surface area contributed by atoms with Gasteiger partial charge in [-0.25, -0.2) is 14.8 Å². The molecular formula is C26H23ClN8O3. The van der Waals surface area contributed by atoms with Crippen LogP contribution in [0.5, 0.6) is 0 Å². The fraction of sp³-hybridized carbons (Fsp3) is 0.346. The van der Waals surface area contributed by atoms with Gasteiger partial charge >= 0.3 is 5.97 Å². The van der Waals surface area contributed by atoms with Gasteiger partial charge in [-0.1, -0.05) is 22.8 Å². The zero-order valence-corrected chi connectivity index (χ0v) is 21.6. The molecule has 2 N–H and O–H groups in total. The highest BCUT2D eigenvalue weighted by atomic mass is 35.5. The number of carboxylic acid groups (broad SMARTS) is 1. The SMILES string of the molecule is Cc1cc([C@@H](C)Nc2ccc(Cl)nc2C(=O)O)c2nc(C34CC(c5nc(C)no5)(C3)C4)n3cnnc3c2c1. The van der Waals surface area contributed by atoms with Gasteiger partial charge in [-0.3, -0.25) is 4.40 Å². The number of carboxylic acids is 1. The molecule has 0 spiro atoms.